The normalized spacial score (nSPS) is 15.5. The Hall–Kier alpha value is -1.16. The number of thiazole rings is 1. The lowest BCUT2D eigenvalue weighted by molar-refractivity contribution is 0.384. The summed E-state index contributed by atoms with van der Waals surface area (Å²) in [7, 11) is -3.52. The molecule has 0 N–H and O–H groups in total. The maximum absolute atomic E-state index is 13.0. The summed E-state index contributed by atoms with van der Waals surface area (Å²) < 4.78 is 28.0. The van der Waals surface area contributed by atoms with Crippen LogP contribution in [0.5, 0.6) is 0 Å². The van der Waals surface area contributed by atoms with E-state index in [4.69, 9.17) is 28.2 Å². The van der Waals surface area contributed by atoms with E-state index in [1.165, 1.54) is 4.31 Å². The van der Waals surface area contributed by atoms with Gasteiger partial charge >= 0.3 is 0 Å². The third kappa shape index (κ3) is 4.69. The predicted molar refractivity (Wildman–Crippen MR) is 126 cm³/mol. The molecule has 0 saturated carbocycles. The summed E-state index contributed by atoms with van der Waals surface area (Å²) in [5.74, 6) is 0. The highest BCUT2D eigenvalue weighted by Gasteiger charge is 2.30. The molecule has 4 rings (SSSR count). The minimum Gasteiger partial charge on any atom is -0.345 e. The van der Waals surface area contributed by atoms with Crippen LogP contribution in [0.15, 0.2) is 57.2 Å². The van der Waals surface area contributed by atoms with Gasteiger partial charge in [0.15, 0.2) is 5.13 Å². The molecule has 0 spiro atoms. The number of piperazine rings is 1. The molecule has 1 aromatic heterocycles. The Morgan fingerprint density at radius 2 is 1.77 bits per heavy atom. The second-order valence-electron chi connectivity index (χ2n) is 6.87. The summed E-state index contributed by atoms with van der Waals surface area (Å²) in [5.41, 5.74) is 2.00. The molecule has 0 unspecified atom stereocenters. The van der Waals surface area contributed by atoms with Gasteiger partial charge in [0.05, 0.1) is 20.6 Å². The van der Waals surface area contributed by atoms with Crippen LogP contribution in [0, 0.1) is 0 Å². The minimum absolute atomic E-state index is 0.302. The smallest absolute Gasteiger partial charge is 0.244 e. The van der Waals surface area contributed by atoms with E-state index < -0.39 is 10.0 Å². The van der Waals surface area contributed by atoms with Crippen molar-refractivity contribution in [3.63, 3.8) is 0 Å². The number of hydrogen-bond donors (Lipinski definition) is 0. The van der Waals surface area contributed by atoms with Crippen molar-refractivity contribution in [1.29, 1.82) is 0 Å². The first kappa shape index (κ1) is 22.0. The third-order valence-electron chi connectivity index (χ3n) is 4.87. The third-order valence-corrected chi connectivity index (χ3v) is 9.47. The molecule has 158 valence electrons. The lowest BCUT2D eigenvalue weighted by Crippen LogP contribution is -2.48. The van der Waals surface area contributed by atoms with Gasteiger partial charge < -0.3 is 4.90 Å². The van der Waals surface area contributed by atoms with Gasteiger partial charge in [-0.3, -0.25) is 0 Å². The van der Waals surface area contributed by atoms with Crippen molar-refractivity contribution in [2.45, 2.75) is 11.3 Å². The number of sulfonamides is 1. The summed E-state index contributed by atoms with van der Waals surface area (Å²) in [6.07, 6.45) is 0.670. The van der Waals surface area contributed by atoms with Crippen molar-refractivity contribution < 1.29 is 8.42 Å². The van der Waals surface area contributed by atoms with E-state index in [1.54, 1.807) is 41.7 Å². The number of benzene rings is 2. The summed E-state index contributed by atoms with van der Waals surface area (Å²) in [4.78, 5) is 7.17. The van der Waals surface area contributed by atoms with Crippen molar-refractivity contribution in [3.8, 4) is 0 Å². The van der Waals surface area contributed by atoms with E-state index in [9.17, 15) is 8.42 Å². The van der Waals surface area contributed by atoms with Gasteiger partial charge in [0.1, 0.15) is 0 Å². The fraction of sp³-hybridized carbons (Fsp3) is 0.250. The summed E-state index contributed by atoms with van der Waals surface area (Å²) in [6.45, 7) is 2.05. The molecule has 5 nitrogen and oxygen atoms in total. The average molecular weight is 547 g/mol. The molecule has 0 atom stereocenters. The van der Waals surface area contributed by atoms with Crippen molar-refractivity contribution in [3.05, 3.63) is 73.6 Å². The van der Waals surface area contributed by atoms with Crippen LogP contribution < -0.4 is 4.90 Å². The van der Waals surface area contributed by atoms with E-state index in [2.05, 4.69) is 20.8 Å². The van der Waals surface area contributed by atoms with Crippen molar-refractivity contribution in [2.75, 3.05) is 31.1 Å². The molecule has 2 heterocycles. The van der Waals surface area contributed by atoms with E-state index in [-0.39, 0.29) is 0 Å². The zero-order valence-corrected chi connectivity index (χ0v) is 20.5. The van der Waals surface area contributed by atoms with E-state index in [0.717, 1.165) is 16.4 Å². The zero-order valence-electron chi connectivity index (χ0n) is 15.8. The topological polar surface area (TPSA) is 53.5 Å². The predicted octanol–water partition coefficient (Wildman–Crippen LogP) is 5.31. The Labute approximate surface area is 198 Å². The number of anilines is 1. The number of nitrogens with zero attached hydrogens (tertiary/aromatic N) is 3. The second-order valence-corrected chi connectivity index (χ2v) is 11.3. The first-order chi connectivity index (χ1) is 14.3. The first-order valence-electron chi connectivity index (χ1n) is 9.22. The minimum atomic E-state index is -3.52. The van der Waals surface area contributed by atoms with Crippen LogP contribution >= 0.6 is 50.5 Å². The van der Waals surface area contributed by atoms with Crippen LogP contribution in [0.3, 0.4) is 0 Å². The van der Waals surface area contributed by atoms with E-state index >= 15 is 0 Å². The molecule has 1 fully saturated rings. The summed E-state index contributed by atoms with van der Waals surface area (Å²) >= 11 is 17.0. The fourth-order valence-electron chi connectivity index (χ4n) is 3.29. The molecule has 0 amide bonds. The average Bonchev–Trinajstić information content (AvgIpc) is 3.19. The van der Waals surface area contributed by atoms with Crippen LogP contribution in [-0.2, 0) is 16.4 Å². The van der Waals surface area contributed by atoms with Crippen LogP contribution in [0.2, 0.25) is 10.0 Å². The largest absolute Gasteiger partial charge is 0.345 e. The van der Waals surface area contributed by atoms with Gasteiger partial charge in [-0.15, -0.1) is 11.3 Å². The highest BCUT2D eigenvalue weighted by Crippen LogP contribution is 2.29. The van der Waals surface area contributed by atoms with Crippen LogP contribution in [0.4, 0.5) is 5.13 Å². The molecule has 1 aliphatic rings. The maximum atomic E-state index is 13.0. The fourth-order valence-corrected chi connectivity index (χ4v) is 6.88. The molecule has 1 saturated heterocycles. The van der Waals surface area contributed by atoms with Gasteiger partial charge in [-0.2, -0.15) is 4.31 Å². The zero-order chi connectivity index (χ0) is 21.3. The molecule has 0 radical (unpaired) electrons. The standard InChI is InChI=1S/C20H18BrCl2N3O2S2/c21-16-3-1-2-4-19(16)30(27,28)26-9-7-25(8-10-26)20-24-15(13-29-20)11-14-5-6-17(22)18(23)12-14/h1-6,12-13H,7-11H2. The number of rotatable bonds is 5. The molecule has 0 bridgehead atoms. The van der Waals surface area contributed by atoms with Crippen molar-refractivity contribution in [2.24, 2.45) is 0 Å². The Morgan fingerprint density at radius 1 is 1.03 bits per heavy atom. The van der Waals surface area contributed by atoms with Crippen molar-refractivity contribution >= 4 is 65.6 Å². The van der Waals surface area contributed by atoms with Gasteiger partial charge in [0.2, 0.25) is 10.0 Å². The van der Waals surface area contributed by atoms with Gasteiger partial charge in [-0.25, -0.2) is 13.4 Å². The molecule has 2 aromatic carbocycles. The number of halogens is 3. The van der Waals surface area contributed by atoms with Crippen LogP contribution in [0.25, 0.3) is 0 Å². The molecule has 30 heavy (non-hydrogen) atoms. The Bertz CT molecular complexity index is 1160. The molecule has 10 heteroatoms. The summed E-state index contributed by atoms with van der Waals surface area (Å²) in [5, 5.41) is 4.01. The highest BCUT2D eigenvalue weighted by atomic mass is 79.9. The lowest BCUT2D eigenvalue weighted by Gasteiger charge is -2.34. The van der Waals surface area contributed by atoms with Gasteiger partial charge in [0.25, 0.3) is 0 Å². The monoisotopic (exact) mass is 545 g/mol. The maximum Gasteiger partial charge on any atom is 0.244 e. The van der Waals surface area contributed by atoms with Crippen molar-refractivity contribution in [1.82, 2.24) is 9.29 Å². The number of hydrogen-bond acceptors (Lipinski definition) is 5. The quantitative estimate of drug-likeness (QED) is 0.435. The lowest BCUT2D eigenvalue weighted by atomic mass is 10.1. The SMILES string of the molecule is O=S(=O)(c1ccccc1Br)N1CCN(c2nc(Cc3ccc(Cl)c(Cl)c3)cs2)CC1. The first-order valence-corrected chi connectivity index (χ1v) is 13.1. The Morgan fingerprint density at radius 3 is 2.47 bits per heavy atom. The van der Waals surface area contributed by atoms with Crippen LogP contribution in [0.1, 0.15) is 11.3 Å². The van der Waals surface area contributed by atoms with Gasteiger partial charge in [-0.05, 0) is 45.8 Å². The van der Waals surface area contributed by atoms with Crippen LogP contribution in [-0.4, -0.2) is 43.9 Å². The second kappa shape index (κ2) is 9.14. The highest BCUT2D eigenvalue weighted by molar-refractivity contribution is 9.10. The van der Waals surface area contributed by atoms with E-state index in [0.29, 0.717) is 52.0 Å². The molecule has 0 aliphatic carbocycles. The molecular weight excluding hydrogens is 529 g/mol. The Kier molecular flexibility index (Phi) is 6.72. The number of aromatic nitrogens is 1. The molecule has 3 aromatic rings. The summed E-state index contributed by atoms with van der Waals surface area (Å²) in [6, 6.07) is 12.5. The Balaban J connectivity index is 1.41. The molecular formula is C20H18BrCl2N3O2S2. The van der Waals surface area contributed by atoms with Gasteiger partial charge in [-0.1, -0.05) is 41.4 Å². The van der Waals surface area contributed by atoms with E-state index in [1.807, 2.05) is 17.5 Å². The molecule has 1 aliphatic heterocycles. The van der Waals surface area contributed by atoms with Gasteiger partial charge in [0, 0.05) is 42.5 Å².